The zero-order valence-electron chi connectivity index (χ0n) is 13.4. The first-order valence-electron chi connectivity index (χ1n) is 8.02. The molecule has 1 aliphatic heterocycles. The normalized spacial score (nSPS) is 17.8. The first-order valence-corrected chi connectivity index (χ1v) is 8.02. The van der Waals surface area contributed by atoms with E-state index in [9.17, 15) is 4.79 Å². The minimum atomic E-state index is 0.0913. The van der Waals surface area contributed by atoms with Gasteiger partial charge in [0.05, 0.1) is 0 Å². The Kier molecular flexibility index (Phi) is 4.93. The molecule has 2 aromatic carbocycles. The van der Waals surface area contributed by atoms with Gasteiger partial charge in [0.1, 0.15) is 12.4 Å². The molecule has 0 radical (unpaired) electrons. The van der Waals surface area contributed by atoms with Gasteiger partial charge in [0, 0.05) is 31.2 Å². The van der Waals surface area contributed by atoms with Crippen LogP contribution in [0.3, 0.4) is 0 Å². The molecule has 1 atom stereocenters. The van der Waals surface area contributed by atoms with Crippen molar-refractivity contribution in [3.8, 4) is 5.75 Å². The van der Waals surface area contributed by atoms with E-state index < -0.39 is 0 Å². The van der Waals surface area contributed by atoms with Crippen LogP contribution >= 0.6 is 0 Å². The highest BCUT2D eigenvalue weighted by Crippen LogP contribution is 2.17. The SMILES string of the molecule is C[C@@H]1CNCCN1C(=O)c1ccc(OCc2ccccc2)cc1. The molecule has 1 saturated heterocycles. The van der Waals surface area contributed by atoms with Crippen LogP contribution in [0.15, 0.2) is 54.6 Å². The number of nitrogens with zero attached hydrogens (tertiary/aromatic N) is 1. The highest BCUT2D eigenvalue weighted by Gasteiger charge is 2.23. The van der Waals surface area contributed by atoms with E-state index in [0.29, 0.717) is 12.2 Å². The topological polar surface area (TPSA) is 41.6 Å². The van der Waals surface area contributed by atoms with Crippen LogP contribution in [-0.2, 0) is 6.61 Å². The second-order valence-corrected chi connectivity index (χ2v) is 5.85. The van der Waals surface area contributed by atoms with Crippen molar-refractivity contribution in [2.75, 3.05) is 19.6 Å². The van der Waals surface area contributed by atoms with Gasteiger partial charge in [-0.2, -0.15) is 0 Å². The molecule has 120 valence electrons. The van der Waals surface area contributed by atoms with Crippen LogP contribution in [0.1, 0.15) is 22.8 Å². The summed E-state index contributed by atoms with van der Waals surface area (Å²) in [7, 11) is 0. The molecular weight excluding hydrogens is 288 g/mol. The van der Waals surface area contributed by atoms with Crippen molar-refractivity contribution in [3.63, 3.8) is 0 Å². The third-order valence-electron chi connectivity index (χ3n) is 4.11. The van der Waals surface area contributed by atoms with E-state index in [1.54, 1.807) is 0 Å². The predicted octanol–water partition coefficient (Wildman–Crippen LogP) is 2.70. The summed E-state index contributed by atoms with van der Waals surface area (Å²) in [4.78, 5) is 14.5. The minimum absolute atomic E-state index is 0.0913. The number of carbonyl (C=O) groups is 1. The van der Waals surface area contributed by atoms with Crippen LogP contribution in [0.4, 0.5) is 0 Å². The lowest BCUT2D eigenvalue weighted by Crippen LogP contribution is -2.52. The maximum atomic E-state index is 12.6. The molecule has 3 rings (SSSR count). The van der Waals surface area contributed by atoms with Gasteiger partial charge >= 0.3 is 0 Å². The quantitative estimate of drug-likeness (QED) is 0.944. The minimum Gasteiger partial charge on any atom is -0.489 e. The smallest absolute Gasteiger partial charge is 0.254 e. The summed E-state index contributed by atoms with van der Waals surface area (Å²) in [5.74, 6) is 0.868. The van der Waals surface area contributed by atoms with E-state index in [2.05, 4.69) is 12.2 Å². The molecule has 0 saturated carbocycles. The molecule has 4 heteroatoms. The molecular formula is C19H22N2O2. The van der Waals surface area contributed by atoms with Crippen LogP contribution in [0, 0.1) is 0 Å². The summed E-state index contributed by atoms with van der Waals surface area (Å²) in [6.45, 7) is 5.06. The largest absolute Gasteiger partial charge is 0.489 e. The van der Waals surface area contributed by atoms with Gasteiger partial charge in [-0.25, -0.2) is 0 Å². The molecule has 0 spiro atoms. The lowest BCUT2D eigenvalue weighted by molar-refractivity contribution is 0.0655. The molecule has 0 unspecified atom stereocenters. The fourth-order valence-corrected chi connectivity index (χ4v) is 2.74. The number of hydrogen-bond donors (Lipinski definition) is 1. The van der Waals surface area contributed by atoms with E-state index in [4.69, 9.17) is 4.74 Å². The number of benzene rings is 2. The van der Waals surface area contributed by atoms with E-state index in [0.717, 1.165) is 30.9 Å². The van der Waals surface area contributed by atoms with Crippen molar-refractivity contribution in [3.05, 3.63) is 65.7 Å². The predicted molar refractivity (Wildman–Crippen MR) is 90.6 cm³/mol. The standard InChI is InChI=1S/C19H22N2O2/c1-15-13-20-11-12-21(15)19(22)17-7-9-18(10-8-17)23-14-16-5-3-2-4-6-16/h2-10,15,20H,11-14H2,1H3/t15-/m1/s1. The van der Waals surface area contributed by atoms with Crippen LogP contribution in [0.2, 0.25) is 0 Å². The highest BCUT2D eigenvalue weighted by molar-refractivity contribution is 5.94. The fraction of sp³-hybridized carbons (Fsp3) is 0.316. The van der Waals surface area contributed by atoms with Gasteiger partial charge in [-0.15, -0.1) is 0 Å². The van der Waals surface area contributed by atoms with Gasteiger partial charge in [-0.1, -0.05) is 30.3 Å². The Morgan fingerprint density at radius 3 is 2.61 bits per heavy atom. The Bertz CT molecular complexity index is 640. The van der Waals surface area contributed by atoms with Gasteiger partial charge in [0.25, 0.3) is 5.91 Å². The molecule has 1 aliphatic rings. The van der Waals surface area contributed by atoms with E-state index in [-0.39, 0.29) is 11.9 Å². The molecule has 0 aliphatic carbocycles. The maximum absolute atomic E-state index is 12.6. The van der Waals surface area contributed by atoms with Crippen molar-refractivity contribution in [2.45, 2.75) is 19.6 Å². The van der Waals surface area contributed by atoms with Crippen LogP contribution in [-0.4, -0.2) is 36.5 Å². The molecule has 1 N–H and O–H groups in total. The number of amides is 1. The van der Waals surface area contributed by atoms with Crippen LogP contribution < -0.4 is 10.1 Å². The fourth-order valence-electron chi connectivity index (χ4n) is 2.74. The second kappa shape index (κ2) is 7.29. The van der Waals surface area contributed by atoms with Gasteiger partial charge in [-0.3, -0.25) is 4.79 Å². The van der Waals surface area contributed by atoms with E-state index in [1.807, 2.05) is 59.5 Å². The summed E-state index contributed by atoms with van der Waals surface area (Å²) in [5.41, 5.74) is 1.84. The molecule has 0 bridgehead atoms. The first kappa shape index (κ1) is 15.6. The number of ether oxygens (including phenoxy) is 1. The third kappa shape index (κ3) is 3.90. The van der Waals surface area contributed by atoms with Gasteiger partial charge in [0.15, 0.2) is 0 Å². The van der Waals surface area contributed by atoms with E-state index in [1.165, 1.54) is 0 Å². The zero-order valence-corrected chi connectivity index (χ0v) is 13.4. The molecule has 23 heavy (non-hydrogen) atoms. The lowest BCUT2D eigenvalue weighted by Gasteiger charge is -2.34. The number of hydrogen-bond acceptors (Lipinski definition) is 3. The molecule has 1 amide bonds. The van der Waals surface area contributed by atoms with Crippen LogP contribution in [0.5, 0.6) is 5.75 Å². The summed E-state index contributed by atoms with van der Waals surface area (Å²) in [6.07, 6.45) is 0. The number of carbonyl (C=O) groups excluding carboxylic acids is 1. The van der Waals surface area contributed by atoms with Crippen molar-refractivity contribution in [1.82, 2.24) is 10.2 Å². The Morgan fingerprint density at radius 2 is 1.91 bits per heavy atom. The summed E-state index contributed by atoms with van der Waals surface area (Å²) in [6, 6.07) is 17.7. The summed E-state index contributed by atoms with van der Waals surface area (Å²) >= 11 is 0. The third-order valence-corrected chi connectivity index (χ3v) is 4.11. The number of piperazine rings is 1. The van der Waals surface area contributed by atoms with Crippen molar-refractivity contribution in [2.24, 2.45) is 0 Å². The number of nitrogens with one attached hydrogen (secondary N) is 1. The second-order valence-electron chi connectivity index (χ2n) is 5.85. The average molecular weight is 310 g/mol. The Morgan fingerprint density at radius 1 is 1.17 bits per heavy atom. The molecule has 1 heterocycles. The van der Waals surface area contributed by atoms with Crippen molar-refractivity contribution in [1.29, 1.82) is 0 Å². The van der Waals surface area contributed by atoms with Gasteiger partial charge in [-0.05, 0) is 36.8 Å². The van der Waals surface area contributed by atoms with Gasteiger partial charge < -0.3 is 15.0 Å². The highest BCUT2D eigenvalue weighted by atomic mass is 16.5. The lowest BCUT2D eigenvalue weighted by atomic mass is 10.1. The van der Waals surface area contributed by atoms with Crippen molar-refractivity contribution < 1.29 is 9.53 Å². The Labute approximate surface area is 137 Å². The average Bonchev–Trinajstić information content (AvgIpc) is 2.61. The Balaban J connectivity index is 1.61. The summed E-state index contributed by atoms with van der Waals surface area (Å²) < 4.78 is 5.76. The molecule has 4 nitrogen and oxygen atoms in total. The Hall–Kier alpha value is -2.33. The molecule has 2 aromatic rings. The first-order chi connectivity index (χ1) is 11.2. The molecule has 0 aromatic heterocycles. The van der Waals surface area contributed by atoms with Crippen LogP contribution in [0.25, 0.3) is 0 Å². The zero-order chi connectivity index (χ0) is 16.1. The maximum Gasteiger partial charge on any atom is 0.254 e. The summed E-state index contributed by atoms with van der Waals surface area (Å²) in [5, 5.41) is 3.30. The monoisotopic (exact) mass is 310 g/mol. The van der Waals surface area contributed by atoms with E-state index >= 15 is 0 Å². The van der Waals surface area contributed by atoms with Gasteiger partial charge in [0.2, 0.25) is 0 Å². The number of rotatable bonds is 4. The van der Waals surface area contributed by atoms with Crippen molar-refractivity contribution >= 4 is 5.91 Å². The molecule has 1 fully saturated rings.